The van der Waals surface area contributed by atoms with Crippen molar-refractivity contribution in [2.24, 2.45) is 0 Å². The van der Waals surface area contributed by atoms with Gasteiger partial charge in [0.15, 0.2) is 0 Å². The van der Waals surface area contributed by atoms with Crippen molar-refractivity contribution >= 4 is 44.8 Å². The van der Waals surface area contributed by atoms with Gasteiger partial charge in [0, 0.05) is 21.2 Å². The molecule has 4 rings (SSSR count). The Morgan fingerprint density at radius 1 is 0.838 bits per heavy atom. The molecule has 0 aliphatic carbocycles. The standard InChI is InChI=1S/C29H26Cl2N2O3S/c1-20-9-6-7-12-24(20)28(21-10-4-3-5-11-21)32-29(34)22-15-17-23(18-16-22)33(37(2,35)36)19-25-26(30)13-8-14-27(25)31/h3-18,28H,19H2,1-2H3,(H,32,34)/t28-/m0/s1. The number of hydrogen-bond donors (Lipinski definition) is 1. The van der Waals surface area contributed by atoms with Crippen LogP contribution in [0, 0.1) is 6.92 Å². The van der Waals surface area contributed by atoms with Gasteiger partial charge in [-0.05, 0) is 60.0 Å². The van der Waals surface area contributed by atoms with Crippen molar-refractivity contribution in [1.82, 2.24) is 5.32 Å². The Morgan fingerprint density at radius 3 is 2.03 bits per heavy atom. The van der Waals surface area contributed by atoms with E-state index >= 15 is 0 Å². The molecule has 0 aliphatic heterocycles. The third kappa shape index (κ3) is 6.34. The molecule has 4 aromatic rings. The maximum atomic E-state index is 13.3. The summed E-state index contributed by atoms with van der Waals surface area (Å²) < 4.78 is 26.5. The van der Waals surface area contributed by atoms with Crippen molar-refractivity contribution in [3.8, 4) is 0 Å². The van der Waals surface area contributed by atoms with Crippen molar-refractivity contribution < 1.29 is 13.2 Å². The van der Waals surface area contributed by atoms with Gasteiger partial charge >= 0.3 is 0 Å². The van der Waals surface area contributed by atoms with Crippen molar-refractivity contribution in [3.05, 3.63) is 135 Å². The Labute approximate surface area is 227 Å². The predicted molar refractivity (Wildman–Crippen MR) is 151 cm³/mol. The minimum absolute atomic E-state index is 0.0355. The fourth-order valence-electron chi connectivity index (χ4n) is 4.12. The fourth-order valence-corrected chi connectivity index (χ4v) is 5.50. The van der Waals surface area contributed by atoms with Crippen molar-refractivity contribution in [2.75, 3.05) is 10.6 Å². The molecular formula is C29H26Cl2N2O3S. The van der Waals surface area contributed by atoms with Gasteiger partial charge < -0.3 is 5.32 Å². The van der Waals surface area contributed by atoms with E-state index in [0.29, 0.717) is 26.9 Å². The second-order valence-corrected chi connectivity index (χ2v) is 11.4. The highest BCUT2D eigenvalue weighted by Gasteiger charge is 2.22. The molecule has 1 amide bonds. The molecule has 0 bridgehead atoms. The summed E-state index contributed by atoms with van der Waals surface area (Å²) in [4.78, 5) is 13.3. The van der Waals surface area contributed by atoms with E-state index in [2.05, 4.69) is 5.32 Å². The second-order valence-electron chi connectivity index (χ2n) is 8.69. The zero-order valence-corrected chi connectivity index (χ0v) is 22.7. The molecule has 0 fully saturated rings. The number of nitrogens with one attached hydrogen (secondary N) is 1. The highest BCUT2D eigenvalue weighted by atomic mass is 35.5. The van der Waals surface area contributed by atoms with E-state index in [0.717, 1.165) is 22.9 Å². The number of halogens is 2. The lowest BCUT2D eigenvalue weighted by Gasteiger charge is -2.24. The zero-order chi connectivity index (χ0) is 26.6. The number of hydrogen-bond acceptors (Lipinski definition) is 3. The summed E-state index contributed by atoms with van der Waals surface area (Å²) in [5.74, 6) is -0.274. The Hall–Kier alpha value is -3.32. The first-order valence-corrected chi connectivity index (χ1v) is 14.2. The van der Waals surface area contributed by atoms with Crippen LogP contribution in [0.1, 0.15) is 38.7 Å². The van der Waals surface area contributed by atoms with Crippen LogP contribution >= 0.6 is 23.2 Å². The second kappa shape index (κ2) is 11.4. The zero-order valence-electron chi connectivity index (χ0n) is 20.4. The van der Waals surface area contributed by atoms with Gasteiger partial charge in [-0.2, -0.15) is 0 Å². The summed E-state index contributed by atoms with van der Waals surface area (Å²) in [5.41, 5.74) is 4.33. The maximum absolute atomic E-state index is 13.3. The molecule has 0 saturated heterocycles. The monoisotopic (exact) mass is 552 g/mol. The summed E-state index contributed by atoms with van der Waals surface area (Å²) in [6.45, 7) is 1.98. The summed E-state index contributed by atoms with van der Waals surface area (Å²) >= 11 is 12.6. The fraction of sp³-hybridized carbons (Fsp3) is 0.138. The van der Waals surface area contributed by atoms with Crippen LogP contribution in [0.15, 0.2) is 97.1 Å². The number of sulfonamides is 1. The van der Waals surface area contributed by atoms with Crippen molar-refractivity contribution in [3.63, 3.8) is 0 Å². The Balaban J connectivity index is 1.61. The van der Waals surface area contributed by atoms with E-state index < -0.39 is 10.0 Å². The molecule has 190 valence electrons. The number of amides is 1. The largest absolute Gasteiger partial charge is 0.341 e. The summed E-state index contributed by atoms with van der Waals surface area (Å²) in [6, 6.07) is 28.8. The Morgan fingerprint density at radius 2 is 1.43 bits per heavy atom. The molecule has 0 radical (unpaired) electrons. The number of nitrogens with zero attached hydrogens (tertiary/aromatic N) is 1. The van der Waals surface area contributed by atoms with Crippen LogP contribution < -0.4 is 9.62 Å². The van der Waals surface area contributed by atoms with Crippen LogP contribution in [0.25, 0.3) is 0 Å². The quantitative estimate of drug-likeness (QED) is 0.261. The minimum Gasteiger partial charge on any atom is -0.341 e. The smallest absolute Gasteiger partial charge is 0.252 e. The van der Waals surface area contributed by atoms with Crippen molar-refractivity contribution in [2.45, 2.75) is 19.5 Å². The molecule has 0 unspecified atom stereocenters. The van der Waals surface area contributed by atoms with E-state index in [4.69, 9.17) is 23.2 Å². The number of benzene rings is 4. The van der Waals surface area contributed by atoms with Gasteiger partial charge in [-0.1, -0.05) is 83.9 Å². The molecule has 1 atom stereocenters. The van der Waals surface area contributed by atoms with Gasteiger partial charge in [0.05, 0.1) is 24.5 Å². The van der Waals surface area contributed by atoms with Crippen LogP contribution in [-0.4, -0.2) is 20.6 Å². The van der Waals surface area contributed by atoms with E-state index in [1.54, 1.807) is 42.5 Å². The number of rotatable bonds is 8. The molecule has 4 aromatic carbocycles. The molecule has 0 spiro atoms. The number of anilines is 1. The molecule has 5 nitrogen and oxygen atoms in total. The highest BCUT2D eigenvalue weighted by Crippen LogP contribution is 2.30. The minimum atomic E-state index is -3.66. The molecule has 0 aliphatic rings. The average molecular weight is 554 g/mol. The van der Waals surface area contributed by atoms with Gasteiger partial charge in [-0.3, -0.25) is 9.10 Å². The van der Waals surface area contributed by atoms with Crippen LogP contribution in [0.4, 0.5) is 5.69 Å². The van der Waals surface area contributed by atoms with Crippen molar-refractivity contribution in [1.29, 1.82) is 0 Å². The molecule has 37 heavy (non-hydrogen) atoms. The van der Waals surface area contributed by atoms with Gasteiger partial charge in [0.2, 0.25) is 10.0 Å². The van der Waals surface area contributed by atoms with E-state index in [9.17, 15) is 13.2 Å². The van der Waals surface area contributed by atoms with E-state index in [1.165, 1.54) is 4.31 Å². The molecule has 0 saturated carbocycles. The third-order valence-corrected chi connectivity index (χ3v) is 7.94. The lowest BCUT2D eigenvalue weighted by Crippen LogP contribution is -2.31. The highest BCUT2D eigenvalue weighted by molar-refractivity contribution is 7.92. The molecule has 0 aromatic heterocycles. The van der Waals surface area contributed by atoms with Gasteiger partial charge in [-0.25, -0.2) is 8.42 Å². The average Bonchev–Trinajstić information content (AvgIpc) is 2.87. The first kappa shape index (κ1) is 26.7. The molecule has 8 heteroatoms. The lowest BCUT2D eigenvalue weighted by atomic mass is 9.94. The van der Waals surface area contributed by atoms with Crippen LogP contribution in [0.2, 0.25) is 10.0 Å². The van der Waals surface area contributed by atoms with Crippen LogP contribution in [0.5, 0.6) is 0 Å². The summed E-state index contributed by atoms with van der Waals surface area (Å²) in [6.07, 6.45) is 1.12. The topological polar surface area (TPSA) is 66.5 Å². The first-order chi connectivity index (χ1) is 17.6. The van der Waals surface area contributed by atoms with Crippen LogP contribution in [0.3, 0.4) is 0 Å². The Kier molecular flexibility index (Phi) is 8.22. The first-order valence-electron chi connectivity index (χ1n) is 11.6. The molecular weight excluding hydrogens is 527 g/mol. The van der Waals surface area contributed by atoms with Gasteiger partial charge in [-0.15, -0.1) is 0 Å². The van der Waals surface area contributed by atoms with E-state index in [-0.39, 0.29) is 18.5 Å². The normalized spacial score (nSPS) is 12.1. The lowest BCUT2D eigenvalue weighted by molar-refractivity contribution is 0.0943. The molecule has 1 N–H and O–H groups in total. The number of aryl methyl sites for hydroxylation is 1. The summed E-state index contributed by atoms with van der Waals surface area (Å²) in [7, 11) is -3.66. The van der Waals surface area contributed by atoms with Gasteiger partial charge in [0.1, 0.15) is 0 Å². The Bertz CT molecular complexity index is 1490. The maximum Gasteiger partial charge on any atom is 0.252 e. The van der Waals surface area contributed by atoms with Gasteiger partial charge in [0.25, 0.3) is 5.91 Å². The van der Waals surface area contributed by atoms with E-state index in [1.807, 2.05) is 61.5 Å². The number of carbonyl (C=O) groups is 1. The summed E-state index contributed by atoms with van der Waals surface area (Å²) in [5, 5.41) is 3.89. The van der Waals surface area contributed by atoms with Crippen LogP contribution in [-0.2, 0) is 16.6 Å². The third-order valence-electron chi connectivity index (χ3n) is 6.09. The SMILES string of the molecule is Cc1ccccc1[C@@H](NC(=O)c1ccc(N(Cc2c(Cl)cccc2Cl)S(C)(=O)=O)cc1)c1ccccc1. The predicted octanol–water partition coefficient (Wildman–Crippen LogP) is 6.79. The number of carbonyl (C=O) groups excluding carboxylic acids is 1. The molecule has 0 heterocycles.